The number of aromatic nitrogens is 2. The van der Waals surface area contributed by atoms with Gasteiger partial charge < -0.3 is 16.2 Å². The van der Waals surface area contributed by atoms with Crippen LogP contribution in [0.15, 0.2) is 24.5 Å². The van der Waals surface area contributed by atoms with Crippen LogP contribution in [0, 0.1) is 0 Å². The molecule has 2 aromatic rings. The lowest BCUT2D eigenvalue weighted by molar-refractivity contribution is -0.118. The normalized spacial score (nSPS) is 10.5. The number of nitrogens with zero attached hydrogens (tertiary/aromatic N) is 2. The number of hydrogen-bond acceptors (Lipinski definition) is 5. The highest BCUT2D eigenvalue weighted by Gasteiger charge is 2.07. The Bertz CT molecular complexity index is 672. The second-order valence-electron chi connectivity index (χ2n) is 4.61. The van der Waals surface area contributed by atoms with E-state index >= 15 is 0 Å². The van der Waals surface area contributed by atoms with Crippen molar-refractivity contribution in [1.82, 2.24) is 9.97 Å². The third-order valence-corrected chi connectivity index (χ3v) is 3.03. The van der Waals surface area contributed by atoms with Crippen molar-refractivity contribution in [2.75, 3.05) is 11.9 Å². The maximum Gasteiger partial charge on any atom is 0.335 e. The molecule has 0 aliphatic heterocycles. The fraction of sp³-hybridized carbons (Fsp3) is 0.286. The summed E-state index contributed by atoms with van der Waals surface area (Å²) in [7, 11) is 0. The Balaban J connectivity index is 2.06. The summed E-state index contributed by atoms with van der Waals surface area (Å²) in [5.74, 6) is -0.642. The summed E-state index contributed by atoms with van der Waals surface area (Å²) in [5.41, 5.74) is 5.83. The molecule has 7 heteroatoms. The van der Waals surface area contributed by atoms with Gasteiger partial charge in [-0.15, -0.1) is 0 Å². The molecule has 0 bridgehead atoms. The number of nitrogens with one attached hydrogen (secondary N) is 1. The van der Waals surface area contributed by atoms with Crippen molar-refractivity contribution in [2.45, 2.75) is 19.3 Å². The first-order chi connectivity index (χ1) is 10.1. The predicted octanol–water partition coefficient (Wildman–Crippen LogP) is 1.40. The van der Waals surface area contributed by atoms with Crippen LogP contribution >= 0.6 is 0 Å². The lowest BCUT2D eigenvalue weighted by Crippen LogP contribution is -2.11. The second-order valence-corrected chi connectivity index (χ2v) is 4.61. The average molecular weight is 288 g/mol. The summed E-state index contributed by atoms with van der Waals surface area (Å²) < 4.78 is 0. The van der Waals surface area contributed by atoms with E-state index in [0.717, 1.165) is 11.8 Å². The number of fused-ring (bicyclic) bond motifs is 1. The van der Waals surface area contributed by atoms with Gasteiger partial charge in [-0.25, -0.2) is 14.8 Å². The van der Waals surface area contributed by atoms with Crippen LogP contribution in [0.25, 0.3) is 10.9 Å². The molecule has 0 fully saturated rings. The van der Waals surface area contributed by atoms with Gasteiger partial charge in [0.15, 0.2) is 0 Å². The summed E-state index contributed by atoms with van der Waals surface area (Å²) in [6.45, 7) is 0.653. The minimum Gasteiger partial charge on any atom is -0.478 e. The number of amides is 1. The number of hydrogen-bond donors (Lipinski definition) is 3. The smallest absolute Gasteiger partial charge is 0.335 e. The van der Waals surface area contributed by atoms with Crippen LogP contribution in [0.3, 0.4) is 0 Å². The zero-order valence-electron chi connectivity index (χ0n) is 11.4. The third-order valence-electron chi connectivity index (χ3n) is 3.03. The first kappa shape index (κ1) is 14.7. The van der Waals surface area contributed by atoms with Crippen molar-refractivity contribution in [3.8, 4) is 0 Å². The zero-order chi connectivity index (χ0) is 15.2. The SMILES string of the molecule is NC(=O)CCCCNc1ncnc2cc(C(=O)O)ccc12. The highest BCUT2D eigenvalue weighted by molar-refractivity contribution is 5.96. The number of anilines is 1. The Labute approximate surface area is 121 Å². The minimum atomic E-state index is -0.989. The summed E-state index contributed by atoms with van der Waals surface area (Å²) in [6, 6.07) is 4.72. The van der Waals surface area contributed by atoms with Gasteiger partial charge in [-0.2, -0.15) is 0 Å². The maximum absolute atomic E-state index is 10.9. The summed E-state index contributed by atoms with van der Waals surface area (Å²) >= 11 is 0. The number of primary amides is 1. The zero-order valence-corrected chi connectivity index (χ0v) is 11.4. The summed E-state index contributed by atoms with van der Waals surface area (Å²) in [6.07, 6.45) is 3.27. The van der Waals surface area contributed by atoms with Crippen LogP contribution in [0.4, 0.5) is 5.82 Å². The quantitative estimate of drug-likeness (QED) is 0.663. The van der Waals surface area contributed by atoms with E-state index in [2.05, 4.69) is 15.3 Å². The van der Waals surface area contributed by atoms with E-state index in [1.807, 2.05) is 0 Å². The molecule has 1 amide bonds. The van der Waals surface area contributed by atoms with Crippen molar-refractivity contribution in [1.29, 1.82) is 0 Å². The van der Waals surface area contributed by atoms with E-state index in [1.165, 1.54) is 18.5 Å². The topological polar surface area (TPSA) is 118 Å². The number of aromatic carboxylic acids is 1. The maximum atomic E-state index is 10.9. The van der Waals surface area contributed by atoms with E-state index < -0.39 is 5.97 Å². The highest BCUT2D eigenvalue weighted by atomic mass is 16.4. The Morgan fingerprint density at radius 1 is 1.24 bits per heavy atom. The molecule has 0 aliphatic carbocycles. The molecule has 1 heterocycles. The molecule has 0 spiro atoms. The summed E-state index contributed by atoms with van der Waals surface area (Å²) in [5, 5.41) is 12.9. The number of benzene rings is 1. The van der Waals surface area contributed by atoms with Gasteiger partial charge in [0, 0.05) is 18.4 Å². The van der Waals surface area contributed by atoms with Crippen molar-refractivity contribution in [3.05, 3.63) is 30.1 Å². The van der Waals surface area contributed by atoms with Crippen LogP contribution in [0.1, 0.15) is 29.6 Å². The van der Waals surface area contributed by atoms with E-state index in [-0.39, 0.29) is 11.5 Å². The number of unbranched alkanes of at least 4 members (excludes halogenated alkanes) is 1. The van der Waals surface area contributed by atoms with Gasteiger partial charge in [0.05, 0.1) is 11.1 Å². The van der Waals surface area contributed by atoms with Crippen molar-refractivity contribution >= 4 is 28.6 Å². The fourth-order valence-corrected chi connectivity index (χ4v) is 1.96. The number of carboxylic acid groups (broad SMARTS) is 1. The molecule has 0 saturated carbocycles. The third kappa shape index (κ3) is 3.88. The van der Waals surface area contributed by atoms with Gasteiger partial charge in [-0.05, 0) is 31.0 Å². The lowest BCUT2D eigenvalue weighted by Gasteiger charge is -2.08. The molecule has 0 radical (unpaired) electrons. The minimum absolute atomic E-state index is 0.189. The molecule has 1 aromatic heterocycles. The van der Waals surface area contributed by atoms with Crippen LogP contribution in [0.5, 0.6) is 0 Å². The first-order valence-corrected chi connectivity index (χ1v) is 6.58. The highest BCUT2D eigenvalue weighted by Crippen LogP contribution is 2.20. The fourth-order valence-electron chi connectivity index (χ4n) is 1.96. The van der Waals surface area contributed by atoms with Gasteiger partial charge in [0.25, 0.3) is 0 Å². The van der Waals surface area contributed by atoms with Crippen molar-refractivity contribution < 1.29 is 14.7 Å². The Hall–Kier alpha value is -2.70. The van der Waals surface area contributed by atoms with E-state index in [0.29, 0.717) is 30.7 Å². The second kappa shape index (κ2) is 6.65. The molecule has 2 rings (SSSR count). The van der Waals surface area contributed by atoms with Crippen LogP contribution in [-0.2, 0) is 4.79 Å². The Morgan fingerprint density at radius 2 is 2.05 bits per heavy atom. The first-order valence-electron chi connectivity index (χ1n) is 6.58. The van der Waals surface area contributed by atoms with Crippen LogP contribution in [0.2, 0.25) is 0 Å². The molecule has 0 atom stereocenters. The molecular weight excluding hydrogens is 272 g/mol. The molecule has 0 unspecified atom stereocenters. The molecule has 21 heavy (non-hydrogen) atoms. The molecule has 7 nitrogen and oxygen atoms in total. The largest absolute Gasteiger partial charge is 0.478 e. The molecule has 1 aromatic carbocycles. The van der Waals surface area contributed by atoms with Gasteiger partial charge in [0.2, 0.25) is 5.91 Å². The van der Waals surface area contributed by atoms with Crippen LogP contribution in [-0.4, -0.2) is 33.5 Å². The summed E-state index contributed by atoms with van der Waals surface area (Å²) in [4.78, 5) is 29.8. The number of carboxylic acids is 1. The van der Waals surface area contributed by atoms with Gasteiger partial charge in [-0.3, -0.25) is 4.79 Å². The predicted molar refractivity (Wildman–Crippen MR) is 78.0 cm³/mol. The lowest BCUT2D eigenvalue weighted by atomic mass is 10.1. The van der Waals surface area contributed by atoms with E-state index in [9.17, 15) is 9.59 Å². The average Bonchev–Trinajstić information content (AvgIpc) is 2.46. The molecule has 110 valence electrons. The number of rotatable bonds is 7. The molecule has 0 saturated heterocycles. The Kier molecular flexibility index (Phi) is 4.65. The van der Waals surface area contributed by atoms with Crippen molar-refractivity contribution in [3.63, 3.8) is 0 Å². The van der Waals surface area contributed by atoms with E-state index in [4.69, 9.17) is 10.8 Å². The molecular formula is C14H16N4O3. The van der Waals surface area contributed by atoms with Gasteiger partial charge >= 0.3 is 5.97 Å². The number of carbonyl (C=O) groups excluding carboxylic acids is 1. The van der Waals surface area contributed by atoms with Crippen LogP contribution < -0.4 is 11.1 Å². The Morgan fingerprint density at radius 3 is 2.76 bits per heavy atom. The standard InChI is InChI=1S/C14H16N4O3/c15-12(19)3-1-2-6-16-13-10-5-4-9(14(20)21)7-11(10)17-8-18-13/h4-5,7-8H,1-3,6H2,(H2,15,19)(H,20,21)(H,16,17,18). The number of nitrogens with two attached hydrogens (primary N) is 1. The monoisotopic (exact) mass is 288 g/mol. The van der Waals surface area contributed by atoms with E-state index in [1.54, 1.807) is 6.07 Å². The number of carbonyl (C=O) groups is 2. The van der Waals surface area contributed by atoms with Gasteiger partial charge in [-0.1, -0.05) is 0 Å². The molecule has 4 N–H and O–H groups in total. The van der Waals surface area contributed by atoms with Crippen molar-refractivity contribution in [2.24, 2.45) is 5.73 Å². The molecule has 0 aliphatic rings. The van der Waals surface area contributed by atoms with Gasteiger partial charge in [0.1, 0.15) is 12.1 Å².